The molecule has 0 radical (unpaired) electrons. The number of benzene rings is 5. The number of carbonyl (C=O) groups excluding carboxylic acids is 1. The number of aliphatic hydroxyl groups is 1. The average Bonchev–Trinajstić information content (AvgIpc) is 3.08. The molecule has 0 aliphatic heterocycles. The minimum absolute atomic E-state index is 0.0815. The van der Waals surface area contributed by atoms with E-state index in [1.165, 1.54) is 0 Å². The maximum atomic E-state index is 13.8. The molecule has 0 fully saturated rings. The smallest absolute Gasteiger partial charge is 0.202 e. The van der Waals surface area contributed by atoms with Crippen LogP contribution in [-0.2, 0) is 19.6 Å². The number of ether oxygens (including phenoxy) is 1. The molecule has 6 aromatic rings. The number of nitrogens with one attached hydrogen (secondary N) is 1. The van der Waals surface area contributed by atoms with Crippen LogP contribution in [0.1, 0.15) is 38.2 Å². The molecule has 0 saturated carbocycles. The number of anilines is 1. The zero-order valence-electron chi connectivity index (χ0n) is 26.2. The van der Waals surface area contributed by atoms with Crippen molar-refractivity contribution in [3.8, 4) is 5.75 Å². The Labute approximate surface area is 276 Å². The Balaban J connectivity index is 1.09. The molecule has 1 aromatic heterocycles. The van der Waals surface area contributed by atoms with E-state index in [1.807, 2.05) is 86.9 Å². The van der Waals surface area contributed by atoms with Crippen LogP contribution in [0.4, 0.5) is 5.69 Å². The molecule has 0 atom stereocenters. The second-order valence-electron chi connectivity index (χ2n) is 11.9. The van der Waals surface area contributed by atoms with Crippen LogP contribution in [0.3, 0.4) is 0 Å². The van der Waals surface area contributed by atoms with Crippen LogP contribution in [0.25, 0.3) is 21.9 Å². The van der Waals surface area contributed by atoms with Gasteiger partial charge in [-0.1, -0.05) is 66.4 Å². The van der Waals surface area contributed by atoms with E-state index in [4.69, 9.17) is 9.15 Å². The van der Waals surface area contributed by atoms with Crippen molar-refractivity contribution in [1.29, 1.82) is 0 Å². The third kappa shape index (κ3) is 6.15. The van der Waals surface area contributed by atoms with Gasteiger partial charge in [0.05, 0.1) is 17.4 Å². The molecule has 0 spiro atoms. The molecule has 7 rings (SSSR count). The Morgan fingerprint density at radius 3 is 2.53 bits per heavy atom. The highest BCUT2D eigenvalue weighted by atomic mass is 32.2. The van der Waals surface area contributed by atoms with Crippen molar-refractivity contribution in [3.05, 3.63) is 141 Å². The molecule has 236 valence electrons. The third-order valence-corrected chi connectivity index (χ3v) is 9.53. The van der Waals surface area contributed by atoms with Crippen molar-refractivity contribution in [2.45, 2.75) is 29.4 Å². The minimum atomic E-state index is -0.235. The van der Waals surface area contributed by atoms with E-state index in [0.29, 0.717) is 52.1 Å². The second kappa shape index (κ2) is 13.1. The Kier molecular flexibility index (Phi) is 8.56. The van der Waals surface area contributed by atoms with Gasteiger partial charge in [-0.05, 0) is 79.7 Å². The first-order chi connectivity index (χ1) is 22.9. The molecule has 0 saturated heterocycles. The number of rotatable bonds is 10. The summed E-state index contributed by atoms with van der Waals surface area (Å²) in [6.45, 7) is 1.53. The largest absolute Gasteiger partial charge is 0.489 e. The molecular formula is C39H34N2O5S. The standard InChI is InChI=1S/C39H34N2O5S/c1-41(2)19-18-40-32-16-12-27(22-42)39-36(32)38(44)31-21-28(13-17-33(31)46-39)45-23-24-10-14-29(15-11-24)47-34-9-5-7-26-20-25-6-3-4-8-30(25)37(43)35(26)34/h3-17,21,40,42H,18-20,22-23H2,1-2H3. The maximum Gasteiger partial charge on any atom is 0.202 e. The zero-order valence-corrected chi connectivity index (χ0v) is 27.0. The van der Waals surface area contributed by atoms with Crippen molar-refractivity contribution in [2.24, 2.45) is 0 Å². The quantitative estimate of drug-likeness (QED) is 0.151. The summed E-state index contributed by atoms with van der Waals surface area (Å²) < 4.78 is 12.3. The molecule has 2 N–H and O–H groups in total. The number of ketones is 1. The summed E-state index contributed by atoms with van der Waals surface area (Å²) in [6.07, 6.45) is 0.757. The summed E-state index contributed by atoms with van der Waals surface area (Å²) in [5.74, 6) is 0.635. The summed E-state index contributed by atoms with van der Waals surface area (Å²) in [6, 6.07) is 30.9. The number of aliphatic hydroxyl groups excluding tert-OH is 1. The number of fused-ring (bicyclic) bond motifs is 4. The van der Waals surface area contributed by atoms with Crippen LogP contribution in [0.15, 0.2) is 116 Å². The van der Waals surface area contributed by atoms with Crippen molar-refractivity contribution < 1.29 is 19.1 Å². The van der Waals surface area contributed by atoms with Gasteiger partial charge < -0.3 is 24.5 Å². The third-order valence-electron chi connectivity index (χ3n) is 8.46. The molecule has 8 heteroatoms. The molecule has 1 aliphatic rings. The van der Waals surface area contributed by atoms with Crippen molar-refractivity contribution in [2.75, 3.05) is 32.5 Å². The van der Waals surface area contributed by atoms with E-state index in [-0.39, 0.29) is 17.8 Å². The average molecular weight is 643 g/mol. The van der Waals surface area contributed by atoms with Crippen LogP contribution in [-0.4, -0.2) is 43.0 Å². The SMILES string of the molecule is CN(C)CCNc1ccc(CO)c2oc3ccc(OCc4ccc(Sc5cccc6c5C(=O)c5ccccc5C6)cc4)cc3c(=O)c12. The number of carbonyl (C=O) groups is 1. The van der Waals surface area contributed by atoms with Crippen molar-refractivity contribution in [3.63, 3.8) is 0 Å². The summed E-state index contributed by atoms with van der Waals surface area (Å²) in [5.41, 5.74) is 6.55. The van der Waals surface area contributed by atoms with Gasteiger partial charge in [-0.25, -0.2) is 0 Å². The lowest BCUT2D eigenvalue weighted by molar-refractivity contribution is 0.103. The van der Waals surface area contributed by atoms with Gasteiger partial charge in [0.1, 0.15) is 23.5 Å². The van der Waals surface area contributed by atoms with Gasteiger partial charge in [0.25, 0.3) is 0 Å². The highest BCUT2D eigenvalue weighted by Gasteiger charge is 2.25. The molecular weight excluding hydrogens is 609 g/mol. The summed E-state index contributed by atoms with van der Waals surface area (Å²) in [4.78, 5) is 31.2. The molecule has 1 heterocycles. The van der Waals surface area contributed by atoms with E-state index in [0.717, 1.165) is 50.6 Å². The lowest BCUT2D eigenvalue weighted by Crippen LogP contribution is -2.21. The number of hydrogen-bond donors (Lipinski definition) is 2. The number of nitrogens with zero attached hydrogens (tertiary/aromatic N) is 1. The maximum absolute atomic E-state index is 13.8. The van der Waals surface area contributed by atoms with Crippen molar-refractivity contribution >= 4 is 45.2 Å². The molecule has 0 bridgehead atoms. The predicted molar refractivity (Wildman–Crippen MR) is 187 cm³/mol. The van der Waals surface area contributed by atoms with Crippen LogP contribution < -0.4 is 15.5 Å². The summed E-state index contributed by atoms with van der Waals surface area (Å²) in [5, 5.41) is 14.1. The van der Waals surface area contributed by atoms with E-state index in [2.05, 4.69) is 10.2 Å². The van der Waals surface area contributed by atoms with Crippen LogP contribution in [0.5, 0.6) is 5.75 Å². The van der Waals surface area contributed by atoms with Gasteiger partial charge in [-0.15, -0.1) is 0 Å². The topological polar surface area (TPSA) is 92.0 Å². The predicted octanol–water partition coefficient (Wildman–Crippen LogP) is 7.28. The van der Waals surface area contributed by atoms with E-state index < -0.39 is 0 Å². The summed E-state index contributed by atoms with van der Waals surface area (Å²) in [7, 11) is 3.98. The lowest BCUT2D eigenvalue weighted by atomic mass is 9.85. The first-order valence-corrected chi connectivity index (χ1v) is 16.4. The van der Waals surface area contributed by atoms with E-state index in [9.17, 15) is 14.7 Å². The fraction of sp³-hybridized carbons (Fsp3) is 0.179. The van der Waals surface area contributed by atoms with Gasteiger partial charge >= 0.3 is 0 Å². The Hall–Kier alpha value is -4.89. The van der Waals surface area contributed by atoms with Crippen LogP contribution >= 0.6 is 11.8 Å². The van der Waals surface area contributed by atoms with Gasteiger partial charge in [0, 0.05) is 45.3 Å². The van der Waals surface area contributed by atoms with Gasteiger partial charge in [0.15, 0.2) is 5.78 Å². The molecule has 7 nitrogen and oxygen atoms in total. The fourth-order valence-corrected chi connectivity index (χ4v) is 7.01. The number of likely N-dealkylation sites (N-methyl/N-ethyl adjacent to an activating group) is 1. The Morgan fingerprint density at radius 2 is 1.72 bits per heavy atom. The monoisotopic (exact) mass is 642 g/mol. The van der Waals surface area contributed by atoms with Crippen molar-refractivity contribution in [1.82, 2.24) is 4.90 Å². The summed E-state index contributed by atoms with van der Waals surface area (Å²) >= 11 is 1.59. The molecule has 0 unspecified atom stereocenters. The zero-order chi connectivity index (χ0) is 32.5. The van der Waals surface area contributed by atoms with Gasteiger partial charge in [-0.2, -0.15) is 0 Å². The fourth-order valence-electron chi connectivity index (χ4n) is 6.01. The van der Waals surface area contributed by atoms with E-state index >= 15 is 0 Å². The molecule has 1 aliphatic carbocycles. The molecule has 47 heavy (non-hydrogen) atoms. The second-order valence-corrected chi connectivity index (χ2v) is 13.1. The first kappa shape index (κ1) is 30.7. The molecule has 0 amide bonds. The van der Waals surface area contributed by atoms with Crippen LogP contribution in [0.2, 0.25) is 0 Å². The molecule has 5 aromatic carbocycles. The normalized spacial score (nSPS) is 12.4. The highest BCUT2D eigenvalue weighted by Crippen LogP contribution is 2.37. The Bertz CT molecular complexity index is 2190. The van der Waals surface area contributed by atoms with E-state index in [1.54, 1.807) is 36.0 Å². The first-order valence-electron chi connectivity index (χ1n) is 15.6. The van der Waals surface area contributed by atoms with Crippen LogP contribution in [0, 0.1) is 0 Å². The van der Waals surface area contributed by atoms with Gasteiger partial charge in [-0.3, -0.25) is 9.59 Å². The lowest BCUT2D eigenvalue weighted by Gasteiger charge is -2.20. The minimum Gasteiger partial charge on any atom is -0.489 e. The Morgan fingerprint density at radius 1 is 0.915 bits per heavy atom. The number of hydrogen-bond acceptors (Lipinski definition) is 8. The van der Waals surface area contributed by atoms with Gasteiger partial charge in [0.2, 0.25) is 5.43 Å². The highest BCUT2D eigenvalue weighted by molar-refractivity contribution is 7.99.